The zero-order chi connectivity index (χ0) is 14.1. The van der Waals surface area contributed by atoms with Crippen molar-refractivity contribution in [2.45, 2.75) is 31.7 Å². The standard InChI is InChI=1S/C16H20N2O2/c1-12(13-6-3-2-4-7-13)10-17-11-15(19)18-9-5-8-14(18)16(17)20/h2-4,6-7,12,14H,5,8-11H2,1H3. The lowest BCUT2D eigenvalue weighted by Crippen LogP contribution is -2.57. The van der Waals surface area contributed by atoms with E-state index in [9.17, 15) is 9.59 Å². The monoisotopic (exact) mass is 272 g/mol. The van der Waals surface area contributed by atoms with E-state index in [1.165, 1.54) is 5.56 Å². The molecule has 0 spiro atoms. The number of benzene rings is 1. The average molecular weight is 272 g/mol. The molecule has 2 fully saturated rings. The molecule has 1 aromatic carbocycles. The van der Waals surface area contributed by atoms with Crippen molar-refractivity contribution in [3.8, 4) is 0 Å². The molecular weight excluding hydrogens is 252 g/mol. The number of amides is 2. The van der Waals surface area contributed by atoms with E-state index >= 15 is 0 Å². The number of hydrogen-bond acceptors (Lipinski definition) is 2. The summed E-state index contributed by atoms with van der Waals surface area (Å²) in [5.74, 6) is 0.484. The lowest BCUT2D eigenvalue weighted by atomic mass is 9.99. The van der Waals surface area contributed by atoms with Gasteiger partial charge in [-0.3, -0.25) is 9.59 Å². The van der Waals surface area contributed by atoms with Crippen LogP contribution in [0.15, 0.2) is 30.3 Å². The van der Waals surface area contributed by atoms with Gasteiger partial charge in [0.25, 0.3) is 0 Å². The number of carbonyl (C=O) groups excluding carboxylic acids is 2. The van der Waals surface area contributed by atoms with Crippen LogP contribution >= 0.6 is 0 Å². The first-order valence-corrected chi connectivity index (χ1v) is 7.30. The third kappa shape index (κ3) is 2.30. The predicted octanol–water partition coefficient (Wildman–Crippen LogP) is 1.62. The summed E-state index contributed by atoms with van der Waals surface area (Å²) in [6, 6.07) is 9.95. The van der Waals surface area contributed by atoms with Crippen LogP contribution in [0.3, 0.4) is 0 Å². The van der Waals surface area contributed by atoms with Gasteiger partial charge in [0.05, 0.1) is 6.54 Å². The van der Waals surface area contributed by atoms with E-state index < -0.39 is 0 Å². The van der Waals surface area contributed by atoms with E-state index in [0.29, 0.717) is 6.54 Å². The highest BCUT2D eigenvalue weighted by atomic mass is 16.2. The molecule has 0 bridgehead atoms. The van der Waals surface area contributed by atoms with Crippen LogP contribution in [0.4, 0.5) is 0 Å². The number of nitrogens with zero attached hydrogens (tertiary/aromatic N) is 2. The second-order valence-electron chi connectivity index (χ2n) is 5.78. The van der Waals surface area contributed by atoms with Gasteiger partial charge in [0.1, 0.15) is 6.04 Å². The highest BCUT2D eigenvalue weighted by Crippen LogP contribution is 2.25. The van der Waals surface area contributed by atoms with Crippen molar-refractivity contribution < 1.29 is 9.59 Å². The molecule has 106 valence electrons. The Balaban J connectivity index is 1.71. The second-order valence-corrected chi connectivity index (χ2v) is 5.78. The fraction of sp³-hybridized carbons (Fsp3) is 0.500. The third-order valence-corrected chi connectivity index (χ3v) is 4.36. The largest absolute Gasteiger partial charge is 0.331 e. The Morgan fingerprint density at radius 2 is 2.00 bits per heavy atom. The summed E-state index contributed by atoms with van der Waals surface area (Å²) in [5, 5.41) is 0. The minimum Gasteiger partial charge on any atom is -0.331 e. The van der Waals surface area contributed by atoms with Gasteiger partial charge >= 0.3 is 0 Å². The molecule has 0 saturated carbocycles. The molecule has 2 atom stereocenters. The lowest BCUT2D eigenvalue weighted by Gasteiger charge is -2.37. The zero-order valence-corrected chi connectivity index (χ0v) is 11.8. The Labute approximate surface area is 119 Å². The van der Waals surface area contributed by atoms with Crippen molar-refractivity contribution in [2.75, 3.05) is 19.6 Å². The molecule has 2 amide bonds. The fourth-order valence-electron chi connectivity index (χ4n) is 3.24. The van der Waals surface area contributed by atoms with Gasteiger partial charge in [0.15, 0.2) is 0 Å². The molecule has 0 aliphatic carbocycles. The van der Waals surface area contributed by atoms with Crippen LogP contribution in [-0.4, -0.2) is 47.3 Å². The Morgan fingerprint density at radius 1 is 1.25 bits per heavy atom. The smallest absolute Gasteiger partial charge is 0.245 e. The van der Waals surface area contributed by atoms with Crippen LogP contribution in [0.1, 0.15) is 31.2 Å². The summed E-state index contributed by atoms with van der Waals surface area (Å²) in [4.78, 5) is 28.0. The number of carbonyl (C=O) groups is 2. The maximum atomic E-state index is 12.5. The molecule has 0 N–H and O–H groups in total. The summed E-state index contributed by atoms with van der Waals surface area (Å²) < 4.78 is 0. The van der Waals surface area contributed by atoms with E-state index in [0.717, 1.165) is 19.4 Å². The van der Waals surface area contributed by atoms with E-state index in [2.05, 4.69) is 19.1 Å². The van der Waals surface area contributed by atoms with E-state index in [4.69, 9.17) is 0 Å². The SMILES string of the molecule is CC(CN1CC(=O)N2CCCC2C1=O)c1ccccc1. The van der Waals surface area contributed by atoms with Gasteiger partial charge in [0, 0.05) is 13.1 Å². The summed E-state index contributed by atoms with van der Waals surface area (Å²) >= 11 is 0. The van der Waals surface area contributed by atoms with Gasteiger partial charge in [-0.15, -0.1) is 0 Å². The van der Waals surface area contributed by atoms with Gasteiger partial charge < -0.3 is 9.80 Å². The van der Waals surface area contributed by atoms with Crippen molar-refractivity contribution >= 4 is 11.8 Å². The van der Waals surface area contributed by atoms with Crippen molar-refractivity contribution in [1.29, 1.82) is 0 Å². The highest BCUT2D eigenvalue weighted by Gasteiger charge is 2.41. The van der Waals surface area contributed by atoms with Gasteiger partial charge in [-0.1, -0.05) is 37.3 Å². The van der Waals surface area contributed by atoms with Gasteiger partial charge in [-0.2, -0.15) is 0 Å². The number of fused-ring (bicyclic) bond motifs is 1. The molecule has 2 heterocycles. The van der Waals surface area contributed by atoms with Crippen LogP contribution in [0, 0.1) is 0 Å². The van der Waals surface area contributed by atoms with Crippen LogP contribution < -0.4 is 0 Å². The third-order valence-electron chi connectivity index (χ3n) is 4.36. The zero-order valence-electron chi connectivity index (χ0n) is 11.8. The first-order valence-electron chi connectivity index (χ1n) is 7.30. The topological polar surface area (TPSA) is 40.6 Å². The summed E-state index contributed by atoms with van der Waals surface area (Å²) in [7, 11) is 0. The first-order chi connectivity index (χ1) is 9.66. The summed E-state index contributed by atoms with van der Waals surface area (Å²) in [6.45, 7) is 3.72. The Morgan fingerprint density at radius 3 is 2.75 bits per heavy atom. The maximum Gasteiger partial charge on any atom is 0.245 e. The van der Waals surface area contributed by atoms with Crippen LogP contribution in [0.2, 0.25) is 0 Å². The predicted molar refractivity (Wildman–Crippen MR) is 76.2 cm³/mol. The second kappa shape index (κ2) is 5.27. The molecule has 2 unspecified atom stereocenters. The lowest BCUT2D eigenvalue weighted by molar-refractivity contribution is -0.153. The molecule has 4 heteroatoms. The molecule has 1 aromatic rings. The van der Waals surface area contributed by atoms with Gasteiger partial charge in [0.2, 0.25) is 11.8 Å². The molecule has 3 rings (SSSR count). The number of piperazine rings is 1. The Hall–Kier alpha value is -1.84. The Kier molecular flexibility index (Phi) is 3.47. The van der Waals surface area contributed by atoms with Crippen LogP contribution in [0.25, 0.3) is 0 Å². The Bertz CT molecular complexity index is 514. The van der Waals surface area contributed by atoms with Crippen LogP contribution in [-0.2, 0) is 9.59 Å². The average Bonchev–Trinajstić information content (AvgIpc) is 2.95. The van der Waals surface area contributed by atoms with Crippen molar-refractivity contribution in [2.24, 2.45) is 0 Å². The normalized spacial score (nSPS) is 23.9. The molecule has 2 aliphatic heterocycles. The van der Waals surface area contributed by atoms with Gasteiger partial charge in [-0.25, -0.2) is 0 Å². The van der Waals surface area contributed by atoms with Crippen molar-refractivity contribution in [3.63, 3.8) is 0 Å². The van der Waals surface area contributed by atoms with Crippen LogP contribution in [0.5, 0.6) is 0 Å². The van der Waals surface area contributed by atoms with E-state index in [1.807, 2.05) is 18.2 Å². The molecular formula is C16H20N2O2. The van der Waals surface area contributed by atoms with Gasteiger partial charge in [-0.05, 0) is 24.3 Å². The minimum absolute atomic E-state index is 0.104. The van der Waals surface area contributed by atoms with Crippen molar-refractivity contribution in [1.82, 2.24) is 9.80 Å². The molecule has 0 radical (unpaired) electrons. The first kappa shape index (κ1) is 13.2. The number of rotatable bonds is 3. The van der Waals surface area contributed by atoms with E-state index in [1.54, 1.807) is 9.80 Å². The quantitative estimate of drug-likeness (QED) is 0.839. The molecule has 0 aromatic heterocycles. The molecule has 2 aliphatic rings. The summed E-state index contributed by atoms with van der Waals surface area (Å²) in [5.41, 5.74) is 1.21. The number of hydrogen-bond donors (Lipinski definition) is 0. The molecule has 20 heavy (non-hydrogen) atoms. The van der Waals surface area contributed by atoms with E-state index in [-0.39, 0.29) is 30.3 Å². The highest BCUT2D eigenvalue weighted by molar-refractivity contribution is 5.95. The van der Waals surface area contributed by atoms with Crippen molar-refractivity contribution in [3.05, 3.63) is 35.9 Å². The maximum absolute atomic E-state index is 12.5. The fourth-order valence-corrected chi connectivity index (χ4v) is 3.24. The summed E-state index contributed by atoms with van der Waals surface area (Å²) in [6.07, 6.45) is 1.77. The minimum atomic E-state index is -0.195. The molecule has 4 nitrogen and oxygen atoms in total. The molecule has 2 saturated heterocycles.